The number of carbonyl (C=O) groups excluding carboxylic acids is 1. The lowest BCUT2D eigenvalue weighted by molar-refractivity contribution is -0.123. The van der Waals surface area contributed by atoms with Crippen molar-refractivity contribution >= 4 is 5.91 Å². The summed E-state index contributed by atoms with van der Waals surface area (Å²) in [5.74, 6) is 3.44. The number of likely N-dealkylation sites (tertiary alicyclic amines) is 12. The SMILES string of the molecule is CN1CC(N)CC(O)C1.CN1CC=CC(N)C1.CN1CCC[C@@H](N)C1.CN1CC[C@@H](C(N)=O)[C@@H](N)C1.CO[C@@H]1C[C@@H](N)CN(C)C1.CO[C@H]1CCN(C)C[C@@H]1N.C[C@@H]1CCN(C)C[C@H]1N.C[C@@H]1CC[C@H](N)CN1C.C[C@@H]1C[C@@H](N)CN(C)C1.C[C@@H]1C[C@H](N)CN(C)C1.C[C@@H]1[C@H](N)CCCN1C.C[C@H]1CCN(C)C[C@@H]1N.C[C@H]1C[C@H](N)CN(C)C1. The van der Waals surface area contributed by atoms with Gasteiger partial charge >= 0.3 is 0 Å². The second kappa shape index (κ2) is 63.9. The van der Waals surface area contributed by atoms with E-state index >= 15 is 0 Å². The fourth-order valence-electron chi connectivity index (χ4n) is 18.1. The normalized spacial score (nSPS) is 37.1. The van der Waals surface area contributed by atoms with Crippen molar-refractivity contribution in [3.05, 3.63) is 12.2 Å². The Morgan fingerprint density at radius 1 is 0.336 bits per heavy atom. The molecule has 12 fully saturated rings. The van der Waals surface area contributed by atoms with Gasteiger partial charge in [-0.2, -0.15) is 0 Å². The van der Waals surface area contributed by atoms with E-state index in [0.717, 1.165) is 173 Å². The molecule has 12 saturated heterocycles. The number of likely N-dealkylation sites (N-methyl/N-ethyl adjacent to an activating group) is 13. The fraction of sp³-hybridized carbons (Fsp3) is 0.966. The standard InChI is InChI=1S/C7H15N3O.2C7H16N2O.7C7H16N2.C6H14N2O.C6H14N2.C6H12N2/c1-10-3-2-5(7(9)11)6(8)4-10;1-9-4-6(8)3-7(5-9)10-2;1-9-4-3-7(10-2)6(8)5-9;3*1-6-3-7(8)5-9(2)4-6;2*1-6-3-4-9(2)5-7(6)8;1-6-3-4-7(8)5-9(6)2;1-6-7(8)4-3-5-9(6)2;1-8-3-5(7)2-6(9)4-8;2*1-8-4-2-3-6(7)5-8/h5-6H,2-4,8H2,1H3,(H2,9,11);2*6-7H,3-5,8H2,1-2H3;7*6-7H,3-5,8H2,1-2H3;5-6,9H,2-4,7H2,1H3;6H,2-5,7H2,1H3;2-3,6H,4-5,7H2,1H3/t5-,6+;2*6-,7-;6-,7+;4*6-,7-;6-,7+;6-,7-;;6-;/m1101101011.1./s1. The van der Waals surface area contributed by atoms with Gasteiger partial charge in [0.2, 0.25) is 5.91 Å². The van der Waals surface area contributed by atoms with Crippen LogP contribution in [0.2, 0.25) is 0 Å². The van der Waals surface area contributed by atoms with Gasteiger partial charge in [-0.15, -0.1) is 0 Å². The van der Waals surface area contributed by atoms with Crippen LogP contribution in [-0.2, 0) is 14.3 Å². The minimum Gasteiger partial charge on any atom is -0.392 e. The van der Waals surface area contributed by atoms with Gasteiger partial charge in [-0.1, -0.05) is 46.8 Å². The molecule has 0 aromatic rings. The zero-order valence-electron chi connectivity index (χ0n) is 80.7. The molecule has 24 atom stereocenters. The average molecular weight is 1700 g/mol. The molecule has 13 aliphatic rings. The second-order valence-electron chi connectivity index (χ2n) is 39.6. The summed E-state index contributed by atoms with van der Waals surface area (Å²) in [5.41, 5.74) is 79.9. The molecular formula is C88H199N27O4. The van der Waals surface area contributed by atoms with Crippen molar-refractivity contribution in [2.75, 3.05) is 263 Å². The van der Waals surface area contributed by atoms with Gasteiger partial charge in [0, 0.05) is 229 Å². The van der Waals surface area contributed by atoms with E-state index in [1.54, 1.807) is 14.2 Å². The van der Waals surface area contributed by atoms with Crippen LogP contribution in [0, 0.1) is 35.5 Å². The summed E-state index contributed by atoms with van der Waals surface area (Å²) in [4.78, 5) is 40.1. The van der Waals surface area contributed by atoms with Crippen LogP contribution in [0.15, 0.2) is 12.2 Å². The lowest BCUT2D eigenvalue weighted by Crippen LogP contribution is -2.51. The maximum absolute atomic E-state index is 10.8. The van der Waals surface area contributed by atoms with Gasteiger partial charge in [-0.3, -0.25) is 4.79 Å². The predicted octanol–water partition coefficient (Wildman–Crippen LogP) is -0.774. The van der Waals surface area contributed by atoms with Crippen molar-refractivity contribution in [1.82, 2.24) is 63.7 Å². The molecule has 0 aliphatic carbocycles. The van der Waals surface area contributed by atoms with Crippen molar-refractivity contribution in [1.29, 1.82) is 0 Å². The third kappa shape index (κ3) is 55.4. The molecule has 0 aromatic heterocycles. The van der Waals surface area contributed by atoms with E-state index in [4.69, 9.17) is 94.9 Å². The number of methoxy groups -OCH3 is 2. The highest BCUT2D eigenvalue weighted by Gasteiger charge is 2.31. The highest BCUT2D eigenvalue weighted by atomic mass is 16.5. The third-order valence-corrected chi connectivity index (χ3v) is 25.6. The molecule has 710 valence electrons. The number of aliphatic hydroxyl groups is 1. The summed E-state index contributed by atoms with van der Waals surface area (Å²) < 4.78 is 10.4. The van der Waals surface area contributed by atoms with Crippen LogP contribution in [0.4, 0.5) is 0 Å². The highest BCUT2D eigenvalue weighted by Crippen LogP contribution is 2.20. The average Bonchev–Trinajstić information content (AvgIpc) is 0.885. The number of rotatable bonds is 3. The monoisotopic (exact) mass is 1700 g/mol. The molecule has 0 saturated carbocycles. The summed E-state index contributed by atoms with van der Waals surface area (Å²) >= 11 is 0. The highest BCUT2D eigenvalue weighted by molar-refractivity contribution is 5.77. The summed E-state index contributed by atoms with van der Waals surface area (Å²) in [6.45, 7) is 41.2. The van der Waals surface area contributed by atoms with Crippen LogP contribution in [0.1, 0.15) is 145 Å². The number of carbonyl (C=O) groups is 1. The van der Waals surface area contributed by atoms with E-state index in [0.29, 0.717) is 66.5 Å². The van der Waals surface area contributed by atoms with Crippen molar-refractivity contribution in [3.63, 3.8) is 0 Å². The molecule has 31 heteroatoms. The smallest absolute Gasteiger partial charge is 0.222 e. The van der Waals surface area contributed by atoms with Crippen LogP contribution in [0.25, 0.3) is 0 Å². The number of amides is 1. The van der Waals surface area contributed by atoms with Gasteiger partial charge in [-0.05, 0) is 264 Å². The molecule has 29 N–H and O–H groups in total. The van der Waals surface area contributed by atoms with Crippen LogP contribution < -0.4 is 80.3 Å². The first kappa shape index (κ1) is 115. The Hall–Kier alpha value is -1.95. The molecule has 119 heavy (non-hydrogen) atoms. The lowest BCUT2D eigenvalue weighted by atomic mass is 9.92. The van der Waals surface area contributed by atoms with Crippen molar-refractivity contribution in [2.24, 2.45) is 116 Å². The van der Waals surface area contributed by atoms with Gasteiger partial charge in [0.05, 0.1) is 24.2 Å². The van der Waals surface area contributed by atoms with Gasteiger partial charge in [0.25, 0.3) is 0 Å². The number of aliphatic hydroxyl groups excluding tert-OH is 1. The molecule has 3 unspecified atom stereocenters. The second-order valence-corrected chi connectivity index (χ2v) is 39.6. The molecule has 1 amide bonds. The molecule has 13 rings (SSSR count). The number of hydrogen-bond donors (Lipinski definition) is 15. The summed E-state index contributed by atoms with van der Waals surface area (Å²) in [6.07, 6.45) is 21.7. The third-order valence-electron chi connectivity index (χ3n) is 25.6. The summed E-state index contributed by atoms with van der Waals surface area (Å²) in [5, 5.41) is 9.13. The number of ether oxygens (including phenoxy) is 2. The zero-order valence-corrected chi connectivity index (χ0v) is 80.7. The minimum atomic E-state index is -0.259. The Bertz CT molecular complexity index is 2220. The topological polar surface area (TPSA) is 462 Å². The van der Waals surface area contributed by atoms with Crippen molar-refractivity contribution < 1.29 is 19.4 Å². The zero-order chi connectivity index (χ0) is 90.3. The Morgan fingerprint density at radius 3 is 1.04 bits per heavy atom. The molecule has 0 spiro atoms. The molecule has 0 radical (unpaired) electrons. The largest absolute Gasteiger partial charge is 0.392 e. The number of nitrogens with two attached hydrogens (primary N) is 14. The molecule has 0 bridgehead atoms. The summed E-state index contributed by atoms with van der Waals surface area (Å²) in [7, 11) is 30.8. The van der Waals surface area contributed by atoms with E-state index in [1.807, 2.05) is 14.1 Å². The van der Waals surface area contributed by atoms with E-state index in [9.17, 15) is 4.79 Å². The molecular weight excluding hydrogens is 1500 g/mol. The number of β-amino-alcohol motifs (C(OH)–C–C–N with tert-alkyl or cyclic N) is 1. The molecule has 13 aliphatic heterocycles. The lowest BCUT2D eigenvalue weighted by Gasteiger charge is -2.34. The van der Waals surface area contributed by atoms with Crippen LogP contribution in [0.5, 0.6) is 0 Å². The quantitative estimate of drug-likeness (QED) is 0.154. The Labute approximate surface area is 730 Å². The van der Waals surface area contributed by atoms with Crippen LogP contribution in [0.3, 0.4) is 0 Å². The fourth-order valence-corrected chi connectivity index (χ4v) is 18.1. The Kier molecular flexibility index (Phi) is 61.8. The van der Waals surface area contributed by atoms with Crippen LogP contribution in [-0.4, -0.2) is 447 Å². The first-order chi connectivity index (χ1) is 55.7. The number of primary amides is 1. The maximum Gasteiger partial charge on any atom is 0.222 e. The Morgan fingerprint density at radius 2 is 0.731 bits per heavy atom. The Balaban J connectivity index is 0.000000645. The van der Waals surface area contributed by atoms with E-state index in [2.05, 4.69) is 202 Å². The molecule has 0 aromatic carbocycles. The van der Waals surface area contributed by atoms with Crippen LogP contribution >= 0.6 is 0 Å². The van der Waals surface area contributed by atoms with Crippen molar-refractivity contribution in [3.8, 4) is 0 Å². The first-order valence-corrected chi connectivity index (χ1v) is 46.2. The summed E-state index contributed by atoms with van der Waals surface area (Å²) in [6, 6.07) is 5.49. The molecule has 13 heterocycles. The first-order valence-electron chi connectivity index (χ1n) is 46.2. The van der Waals surface area contributed by atoms with Crippen molar-refractivity contribution in [2.45, 2.75) is 254 Å². The van der Waals surface area contributed by atoms with Gasteiger partial charge in [-0.25, -0.2) is 0 Å². The number of hydrogen-bond acceptors (Lipinski definition) is 30. The predicted molar refractivity (Wildman–Crippen MR) is 505 cm³/mol. The van der Waals surface area contributed by atoms with E-state index < -0.39 is 0 Å². The molecule has 31 nitrogen and oxygen atoms in total. The van der Waals surface area contributed by atoms with Gasteiger partial charge in [0.15, 0.2) is 0 Å². The minimum absolute atomic E-state index is 0.0775. The van der Waals surface area contributed by atoms with E-state index in [-0.39, 0.29) is 48.2 Å². The van der Waals surface area contributed by atoms with Gasteiger partial charge < -0.3 is 159 Å². The number of nitrogens with zero attached hydrogens (tertiary/aromatic N) is 13. The maximum atomic E-state index is 10.8. The van der Waals surface area contributed by atoms with E-state index in [1.165, 1.54) is 116 Å². The number of piperidine rings is 12. The van der Waals surface area contributed by atoms with Gasteiger partial charge in [0.1, 0.15) is 0 Å².